The highest BCUT2D eigenvalue weighted by atomic mass is 32.2. The SMILES string of the molecule is CCSC(C)C/C=C/C(C)=N/C. The van der Waals surface area contributed by atoms with Crippen LogP contribution in [0, 0.1) is 0 Å². The molecule has 0 aromatic heterocycles. The minimum Gasteiger partial charge on any atom is -0.293 e. The second-order valence-electron chi connectivity index (χ2n) is 2.77. The van der Waals surface area contributed by atoms with Crippen LogP contribution in [0.15, 0.2) is 17.1 Å². The van der Waals surface area contributed by atoms with Crippen LogP contribution < -0.4 is 0 Å². The Hall–Kier alpha value is -0.240. The predicted octanol–water partition coefficient (Wildman–Crippen LogP) is 3.17. The Labute approximate surface area is 80.4 Å². The molecule has 1 unspecified atom stereocenters. The standard InChI is InChI=1S/C10H19NS/c1-5-12-10(3)8-6-7-9(2)11-4/h6-7,10H,5,8H2,1-4H3/b7-6+,11-9+. The molecule has 0 aliphatic carbocycles. The molecule has 1 atom stereocenters. The van der Waals surface area contributed by atoms with Gasteiger partial charge in [-0.05, 0) is 25.2 Å². The van der Waals surface area contributed by atoms with E-state index in [0.29, 0.717) is 0 Å². The predicted molar refractivity (Wildman–Crippen MR) is 60.4 cm³/mol. The van der Waals surface area contributed by atoms with E-state index in [4.69, 9.17) is 0 Å². The highest BCUT2D eigenvalue weighted by molar-refractivity contribution is 7.99. The molecule has 2 heteroatoms. The first-order chi connectivity index (χ1) is 5.70. The Morgan fingerprint density at radius 1 is 1.58 bits per heavy atom. The molecule has 0 spiro atoms. The largest absolute Gasteiger partial charge is 0.293 e. The topological polar surface area (TPSA) is 12.4 Å². The molecule has 0 aromatic carbocycles. The smallest absolute Gasteiger partial charge is 0.0310 e. The number of rotatable bonds is 5. The Bertz CT molecular complexity index is 161. The van der Waals surface area contributed by atoms with Crippen LogP contribution in [0.25, 0.3) is 0 Å². The van der Waals surface area contributed by atoms with E-state index in [1.165, 1.54) is 5.75 Å². The summed E-state index contributed by atoms with van der Waals surface area (Å²) in [7, 11) is 1.82. The summed E-state index contributed by atoms with van der Waals surface area (Å²) in [6.07, 6.45) is 5.44. The first kappa shape index (κ1) is 11.8. The Kier molecular flexibility index (Phi) is 7.26. The summed E-state index contributed by atoms with van der Waals surface area (Å²) < 4.78 is 0. The Morgan fingerprint density at radius 2 is 2.25 bits per heavy atom. The molecule has 0 radical (unpaired) electrons. The molecular weight excluding hydrogens is 166 g/mol. The lowest BCUT2D eigenvalue weighted by Crippen LogP contribution is -1.94. The average Bonchev–Trinajstić information content (AvgIpc) is 2.04. The molecule has 0 aromatic rings. The number of thioether (sulfide) groups is 1. The number of allylic oxidation sites excluding steroid dienone is 2. The summed E-state index contributed by atoms with van der Waals surface area (Å²) in [4.78, 5) is 4.05. The molecular formula is C10H19NS. The normalized spacial score (nSPS) is 15.5. The fraction of sp³-hybridized carbons (Fsp3) is 0.700. The average molecular weight is 185 g/mol. The van der Waals surface area contributed by atoms with Crippen molar-refractivity contribution in [3.8, 4) is 0 Å². The lowest BCUT2D eigenvalue weighted by Gasteiger charge is -2.04. The summed E-state index contributed by atoms with van der Waals surface area (Å²) in [5, 5.41) is 0.732. The van der Waals surface area contributed by atoms with Crippen molar-refractivity contribution < 1.29 is 0 Å². The number of nitrogens with zero attached hydrogens (tertiary/aromatic N) is 1. The number of hydrogen-bond donors (Lipinski definition) is 0. The minimum atomic E-state index is 0.732. The van der Waals surface area contributed by atoms with Gasteiger partial charge in [0.05, 0.1) is 0 Å². The van der Waals surface area contributed by atoms with E-state index >= 15 is 0 Å². The molecule has 70 valence electrons. The fourth-order valence-corrected chi connectivity index (χ4v) is 1.67. The van der Waals surface area contributed by atoms with E-state index in [1.807, 2.05) is 25.7 Å². The molecule has 0 aliphatic heterocycles. The molecule has 0 saturated carbocycles. The van der Waals surface area contributed by atoms with Crippen molar-refractivity contribution in [3.63, 3.8) is 0 Å². The van der Waals surface area contributed by atoms with Crippen molar-refractivity contribution in [3.05, 3.63) is 12.2 Å². The highest BCUT2D eigenvalue weighted by Crippen LogP contribution is 2.13. The monoisotopic (exact) mass is 185 g/mol. The lowest BCUT2D eigenvalue weighted by molar-refractivity contribution is 0.981. The van der Waals surface area contributed by atoms with Gasteiger partial charge in [0.2, 0.25) is 0 Å². The molecule has 0 fully saturated rings. The van der Waals surface area contributed by atoms with Crippen LogP contribution in [0.4, 0.5) is 0 Å². The summed E-state index contributed by atoms with van der Waals surface area (Å²) in [5.74, 6) is 1.20. The summed E-state index contributed by atoms with van der Waals surface area (Å²) in [5.41, 5.74) is 1.10. The molecule has 12 heavy (non-hydrogen) atoms. The van der Waals surface area contributed by atoms with Crippen LogP contribution >= 0.6 is 11.8 Å². The van der Waals surface area contributed by atoms with Gasteiger partial charge in [-0.15, -0.1) is 0 Å². The molecule has 0 saturated heterocycles. The van der Waals surface area contributed by atoms with Crippen molar-refractivity contribution in [2.45, 2.75) is 32.4 Å². The maximum Gasteiger partial charge on any atom is 0.0310 e. The van der Waals surface area contributed by atoms with Crippen molar-refractivity contribution in [2.75, 3.05) is 12.8 Å². The van der Waals surface area contributed by atoms with Gasteiger partial charge in [-0.25, -0.2) is 0 Å². The molecule has 1 nitrogen and oxygen atoms in total. The van der Waals surface area contributed by atoms with E-state index in [-0.39, 0.29) is 0 Å². The van der Waals surface area contributed by atoms with Gasteiger partial charge in [0.1, 0.15) is 0 Å². The summed E-state index contributed by atoms with van der Waals surface area (Å²) >= 11 is 2.00. The van der Waals surface area contributed by atoms with Crippen molar-refractivity contribution >= 4 is 17.5 Å². The molecule has 0 amide bonds. The first-order valence-corrected chi connectivity index (χ1v) is 5.47. The van der Waals surface area contributed by atoms with E-state index in [2.05, 4.69) is 31.0 Å². The summed E-state index contributed by atoms with van der Waals surface area (Å²) in [6.45, 7) is 6.48. The van der Waals surface area contributed by atoms with Gasteiger partial charge in [-0.2, -0.15) is 11.8 Å². The fourth-order valence-electron chi connectivity index (χ4n) is 0.857. The summed E-state index contributed by atoms with van der Waals surface area (Å²) in [6, 6.07) is 0. The van der Waals surface area contributed by atoms with Gasteiger partial charge in [0.15, 0.2) is 0 Å². The van der Waals surface area contributed by atoms with E-state index in [9.17, 15) is 0 Å². The van der Waals surface area contributed by atoms with E-state index in [1.54, 1.807) is 0 Å². The zero-order valence-corrected chi connectivity index (χ0v) is 9.32. The van der Waals surface area contributed by atoms with Crippen molar-refractivity contribution in [1.82, 2.24) is 0 Å². The van der Waals surface area contributed by atoms with Gasteiger partial charge >= 0.3 is 0 Å². The third-order valence-corrected chi connectivity index (χ3v) is 2.73. The maximum atomic E-state index is 4.05. The third-order valence-electron chi connectivity index (χ3n) is 1.63. The molecule has 0 bridgehead atoms. The maximum absolute atomic E-state index is 4.05. The van der Waals surface area contributed by atoms with Crippen LogP contribution in [0.5, 0.6) is 0 Å². The van der Waals surface area contributed by atoms with Gasteiger partial charge in [0, 0.05) is 18.0 Å². The zero-order valence-electron chi connectivity index (χ0n) is 8.50. The highest BCUT2D eigenvalue weighted by Gasteiger charge is 1.96. The van der Waals surface area contributed by atoms with E-state index < -0.39 is 0 Å². The second-order valence-corrected chi connectivity index (χ2v) is 4.48. The van der Waals surface area contributed by atoms with Gasteiger partial charge in [-0.3, -0.25) is 4.99 Å². The minimum absolute atomic E-state index is 0.732. The van der Waals surface area contributed by atoms with Crippen LogP contribution in [0.3, 0.4) is 0 Å². The van der Waals surface area contributed by atoms with Gasteiger partial charge in [0.25, 0.3) is 0 Å². The van der Waals surface area contributed by atoms with Crippen LogP contribution in [-0.4, -0.2) is 23.8 Å². The van der Waals surface area contributed by atoms with Crippen LogP contribution in [-0.2, 0) is 0 Å². The number of hydrogen-bond acceptors (Lipinski definition) is 2. The third kappa shape index (κ3) is 6.47. The lowest BCUT2D eigenvalue weighted by atomic mass is 10.3. The second kappa shape index (κ2) is 7.41. The quantitative estimate of drug-likeness (QED) is 0.599. The van der Waals surface area contributed by atoms with Crippen LogP contribution in [0.1, 0.15) is 27.2 Å². The Balaban J connectivity index is 3.59. The van der Waals surface area contributed by atoms with Crippen LogP contribution in [0.2, 0.25) is 0 Å². The molecule has 0 heterocycles. The number of aliphatic imine (C=N–C) groups is 1. The zero-order chi connectivity index (χ0) is 9.40. The first-order valence-electron chi connectivity index (χ1n) is 4.42. The van der Waals surface area contributed by atoms with E-state index in [0.717, 1.165) is 17.4 Å². The van der Waals surface area contributed by atoms with Crippen molar-refractivity contribution in [1.29, 1.82) is 0 Å². The van der Waals surface area contributed by atoms with Crippen molar-refractivity contribution in [2.24, 2.45) is 4.99 Å². The van der Waals surface area contributed by atoms with Gasteiger partial charge < -0.3 is 0 Å². The molecule has 0 N–H and O–H groups in total. The Morgan fingerprint density at radius 3 is 2.75 bits per heavy atom. The van der Waals surface area contributed by atoms with Gasteiger partial charge in [-0.1, -0.05) is 19.9 Å². The molecule has 0 aliphatic rings. The molecule has 0 rings (SSSR count).